The monoisotopic (exact) mass is 501 g/mol. The Kier molecular flexibility index (Phi) is 5.98. The van der Waals surface area contributed by atoms with Crippen molar-refractivity contribution >= 4 is 27.8 Å². The van der Waals surface area contributed by atoms with Gasteiger partial charge in [0, 0.05) is 16.9 Å². The van der Waals surface area contributed by atoms with E-state index in [2.05, 4.69) is 151 Å². The van der Waals surface area contributed by atoms with E-state index in [0.29, 0.717) is 5.92 Å². The number of nitrogens with zero attached hydrogens (tertiary/aromatic N) is 1. The third-order valence-electron chi connectivity index (χ3n) is 8.18. The molecule has 1 aliphatic rings. The fraction of sp³-hybridized carbons (Fsp3) is 0.105. The molecular weight excluding hydrogens is 470 g/mol. The smallest absolute Gasteiger partial charge is 0.0543 e. The zero-order chi connectivity index (χ0) is 26.2. The Hall–Kier alpha value is -4.62. The van der Waals surface area contributed by atoms with Gasteiger partial charge < -0.3 is 4.90 Å². The topological polar surface area (TPSA) is 3.24 Å². The lowest BCUT2D eigenvalue weighted by Crippen LogP contribution is -2.12. The van der Waals surface area contributed by atoms with Gasteiger partial charge in [0.25, 0.3) is 0 Å². The molecule has 1 aliphatic carbocycles. The van der Waals surface area contributed by atoms with Crippen molar-refractivity contribution in [2.75, 3.05) is 4.90 Å². The summed E-state index contributed by atoms with van der Waals surface area (Å²) in [6.45, 7) is 2.38. The number of aryl methyl sites for hydroxylation is 1. The average Bonchev–Trinajstić information content (AvgIpc) is 3.14. The summed E-state index contributed by atoms with van der Waals surface area (Å²) in [6.07, 6.45) is 2.24. The van der Waals surface area contributed by atoms with E-state index in [1.807, 2.05) is 0 Å². The molecule has 0 heterocycles. The molecule has 0 fully saturated rings. The maximum atomic E-state index is 2.44. The fourth-order valence-corrected chi connectivity index (χ4v) is 6.14. The first-order valence-corrected chi connectivity index (χ1v) is 13.9. The molecule has 0 saturated carbocycles. The van der Waals surface area contributed by atoms with E-state index in [-0.39, 0.29) is 0 Å². The third-order valence-corrected chi connectivity index (χ3v) is 8.18. The molecule has 6 aromatic rings. The van der Waals surface area contributed by atoms with Crippen LogP contribution in [0.5, 0.6) is 0 Å². The Morgan fingerprint density at radius 2 is 1.18 bits per heavy atom. The second kappa shape index (κ2) is 9.93. The summed E-state index contributed by atoms with van der Waals surface area (Å²) in [6, 6.07) is 50.9. The van der Waals surface area contributed by atoms with Crippen molar-refractivity contribution in [2.24, 2.45) is 0 Å². The normalized spacial score (nSPS) is 14.3. The van der Waals surface area contributed by atoms with E-state index in [4.69, 9.17) is 0 Å². The molecule has 39 heavy (non-hydrogen) atoms. The van der Waals surface area contributed by atoms with E-state index in [0.717, 1.165) is 24.2 Å². The number of benzene rings is 6. The highest BCUT2D eigenvalue weighted by Crippen LogP contribution is 2.48. The van der Waals surface area contributed by atoms with Crippen molar-refractivity contribution in [3.05, 3.63) is 151 Å². The Bertz CT molecular complexity index is 1750. The van der Waals surface area contributed by atoms with Crippen molar-refractivity contribution in [3.8, 4) is 22.3 Å². The molecule has 0 saturated heterocycles. The quantitative estimate of drug-likeness (QED) is 0.232. The highest BCUT2D eigenvalue weighted by atomic mass is 15.1. The van der Waals surface area contributed by atoms with Gasteiger partial charge in [0.1, 0.15) is 0 Å². The zero-order valence-corrected chi connectivity index (χ0v) is 22.2. The minimum atomic E-state index is 0.480. The molecule has 7 rings (SSSR count). The Morgan fingerprint density at radius 3 is 1.92 bits per heavy atom. The lowest BCUT2D eigenvalue weighted by molar-refractivity contribution is 0.689. The van der Waals surface area contributed by atoms with Crippen LogP contribution in [-0.2, 0) is 6.42 Å². The standard InChI is InChI=1S/C38H31N/c1-27-19-20-32-25-30-13-8-9-14-31(30)26-36(32)38-35(27)17-10-18-37(38)39(33-15-6-3-7-16-33)34-23-21-29(22-24-34)28-11-4-2-5-12-28/h2-18,21-27H,19-20H2,1H3. The number of fused-ring (bicyclic) bond motifs is 4. The maximum absolute atomic E-state index is 2.44. The predicted molar refractivity (Wildman–Crippen MR) is 166 cm³/mol. The molecule has 188 valence electrons. The molecule has 0 aromatic heterocycles. The first-order valence-electron chi connectivity index (χ1n) is 13.9. The molecule has 0 radical (unpaired) electrons. The number of hydrogen-bond acceptors (Lipinski definition) is 1. The van der Waals surface area contributed by atoms with Crippen LogP contribution in [-0.4, -0.2) is 0 Å². The Labute approximate surface area is 231 Å². The minimum absolute atomic E-state index is 0.480. The van der Waals surface area contributed by atoms with Crippen LogP contribution in [0.25, 0.3) is 33.0 Å². The summed E-state index contributed by atoms with van der Waals surface area (Å²) in [7, 11) is 0. The average molecular weight is 502 g/mol. The van der Waals surface area contributed by atoms with Crippen molar-refractivity contribution in [3.63, 3.8) is 0 Å². The van der Waals surface area contributed by atoms with Gasteiger partial charge >= 0.3 is 0 Å². The van der Waals surface area contributed by atoms with Crippen molar-refractivity contribution in [2.45, 2.75) is 25.7 Å². The first kappa shape index (κ1) is 23.5. The second-order valence-corrected chi connectivity index (χ2v) is 10.6. The van der Waals surface area contributed by atoms with Gasteiger partial charge in [0.05, 0.1) is 5.69 Å². The highest BCUT2D eigenvalue weighted by Gasteiger charge is 2.26. The lowest BCUT2D eigenvalue weighted by Gasteiger charge is -2.30. The SMILES string of the molecule is CC1CCc2cc3ccccc3cc2-c2c1cccc2N(c1ccccc1)c1ccc(-c2ccccc2)cc1. The number of hydrogen-bond donors (Lipinski definition) is 0. The van der Waals surface area contributed by atoms with Gasteiger partial charge in [-0.25, -0.2) is 0 Å². The van der Waals surface area contributed by atoms with Crippen LogP contribution in [0.15, 0.2) is 140 Å². The van der Waals surface area contributed by atoms with Crippen molar-refractivity contribution < 1.29 is 0 Å². The molecule has 6 aromatic carbocycles. The van der Waals surface area contributed by atoms with Gasteiger partial charge in [0.2, 0.25) is 0 Å². The first-order chi connectivity index (χ1) is 19.3. The molecule has 0 bridgehead atoms. The van der Waals surface area contributed by atoms with Crippen LogP contribution in [0, 0.1) is 0 Å². The van der Waals surface area contributed by atoms with E-state index in [1.165, 1.54) is 49.8 Å². The van der Waals surface area contributed by atoms with Crippen LogP contribution in [0.4, 0.5) is 17.1 Å². The van der Waals surface area contributed by atoms with E-state index < -0.39 is 0 Å². The molecular formula is C38H31N. The van der Waals surface area contributed by atoms with E-state index in [9.17, 15) is 0 Å². The number of anilines is 3. The van der Waals surface area contributed by atoms with Gasteiger partial charge in [-0.15, -0.1) is 0 Å². The van der Waals surface area contributed by atoms with Crippen LogP contribution in [0.2, 0.25) is 0 Å². The van der Waals surface area contributed by atoms with Gasteiger partial charge in [-0.2, -0.15) is 0 Å². The summed E-state index contributed by atoms with van der Waals surface area (Å²) >= 11 is 0. The van der Waals surface area contributed by atoms with Crippen LogP contribution in [0.3, 0.4) is 0 Å². The molecule has 1 atom stereocenters. The predicted octanol–water partition coefficient (Wildman–Crippen LogP) is 10.7. The molecule has 1 unspecified atom stereocenters. The maximum Gasteiger partial charge on any atom is 0.0543 e. The van der Waals surface area contributed by atoms with Gasteiger partial charge in [0.15, 0.2) is 0 Å². The highest BCUT2D eigenvalue weighted by molar-refractivity contribution is 5.96. The number of para-hydroxylation sites is 1. The lowest BCUT2D eigenvalue weighted by atomic mass is 9.89. The fourth-order valence-electron chi connectivity index (χ4n) is 6.14. The van der Waals surface area contributed by atoms with Gasteiger partial charge in [-0.1, -0.05) is 110 Å². The zero-order valence-electron chi connectivity index (χ0n) is 22.2. The molecule has 1 nitrogen and oxygen atoms in total. The second-order valence-electron chi connectivity index (χ2n) is 10.6. The van der Waals surface area contributed by atoms with Crippen molar-refractivity contribution in [1.29, 1.82) is 0 Å². The summed E-state index contributed by atoms with van der Waals surface area (Å²) < 4.78 is 0. The van der Waals surface area contributed by atoms with E-state index in [1.54, 1.807) is 0 Å². The summed E-state index contributed by atoms with van der Waals surface area (Å²) in [5, 5.41) is 2.62. The van der Waals surface area contributed by atoms with Crippen molar-refractivity contribution in [1.82, 2.24) is 0 Å². The van der Waals surface area contributed by atoms with E-state index >= 15 is 0 Å². The molecule has 1 heteroatoms. The minimum Gasteiger partial charge on any atom is -0.310 e. The molecule has 0 amide bonds. The van der Waals surface area contributed by atoms with Gasteiger partial charge in [-0.3, -0.25) is 0 Å². The Balaban J connectivity index is 1.46. The van der Waals surface area contributed by atoms with Crippen LogP contribution < -0.4 is 4.90 Å². The summed E-state index contributed by atoms with van der Waals surface area (Å²) in [5.41, 5.74) is 11.6. The number of rotatable bonds is 4. The molecule has 0 aliphatic heterocycles. The molecule has 0 N–H and O–H groups in total. The largest absolute Gasteiger partial charge is 0.310 e. The third kappa shape index (κ3) is 4.30. The van der Waals surface area contributed by atoms with Crippen LogP contribution >= 0.6 is 0 Å². The molecule has 0 spiro atoms. The van der Waals surface area contributed by atoms with Gasteiger partial charge in [-0.05, 0) is 93.7 Å². The summed E-state index contributed by atoms with van der Waals surface area (Å²) in [4.78, 5) is 2.44. The Morgan fingerprint density at radius 1 is 0.564 bits per heavy atom. The summed E-state index contributed by atoms with van der Waals surface area (Å²) in [5.74, 6) is 0.480. The van der Waals surface area contributed by atoms with Crippen LogP contribution in [0.1, 0.15) is 30.4 Å².